The number of hydrogen-bond donors (Lipinski definition) is 0. The van der Waals surface area contributed by atoms with Crippen LogP contribution < -0.4 is 0 Å². The van der Waals surface area contributed by atoms with Crippen molar-refractivity contribution in [2.24, 2.45) is 5.92 Å². The Morgan fingerprint density at radius 2 is 1.88 bits per heavy atom. The van der Waals surface area contributed by atoms with Gasteiger partial charge < -0.3 is 9.80 Å². The van der Waals surface area contributed by atoms with Gasteiger partial charge >= 0.3 is 0 Å². The lowest BCUT2D eigenvalue weighted by Crippen LogP contribution is -2.52. The molecule has 4 nitrogen and oxygen atoms in total. The highest BCUT2D eigenvalue weighted by molar-refractivity contribution is 5.79. The highest BCUT2D eigenvalue weighted by Gasteiger charge is 2.33. The largest absolute Gasteiger partial charge is 0.339 e. The molecule has 2 fully saturated rings. The summed E-state index contributed by atoms with van der Waals surface area (Å²) in [6.07, 6.45) is 4.71. The van der Waals surface area contributed by atoms with Gasteiger partial charge in [0.05, 0.1) is 5.92 Å². The minimum Gasteiger partial charge on any atom is -0.339 e. The topological polar surface area (TPSA) is 26.8 Å². The predicted octanol–water partition coefficient (Wildman–Crippen LogP) is 3.00. The van der Waals surface area contributed by atoms with E-state index in [1.165, 1.54) is 32.5 Å². The summed E-state index contributed by atoms with van der Waals surface area (Å²) in [7, 11) is 0. The molecule has 2 aliphatic heterocycles. The molecule has 0 aromatic heterocycles. The van der Waals surface area contributed by atoms with Gasteiger partial charge in [0, 0.05) is 31.7 Å². The number of nitrogens with zero attached hydrogens (tertiary/aromatic N) is 3. The molecule has 0 aromatic rings. The van der Waals surface area contributed by atoms with Gasteiger partial charge in [0.15, 0.2) is 0 Å². The number of carbonyl (C=O) groups is 1. The molecule has 1 amide bonds. The zero-order valence-electron chi connectivity index (χ0n) is 16.3. The normalized spacial score (nSPS) is 24.3. The molecule has 2 saturated heterocycles. The first-order valence-electron chi connectivity index (χ1n) is 9.83. The molecule has 0 saturated carbocycles. The van der Waals surface area contributed by atoms with Crippen LogP contribution in [0.1, 0.15) is 53.4 Å². The molecule has 0 radical (unpaired) electrons. The number of carbonyl (C=O) groups excluding carboxylic acids is 1. The lowest BCUT2D eigenvalue weighted by Gasteiger charge is -2.43. The molecule has 0 spiro atoms. The molecule has 2 rings (SSSR count). The monoisotopic (exact) mass is 335 g/mol. The smallest absolute Gasteiger partial charge is 0.227 e. The van der Waals surface area contributed by atoms with Gasteiger partial charge in [-0.1, -0.05) is 12.2 Å². The van der Waals surface area contributed by atoms with Crippen molar-refractivity contribution >= 4 is 5.91 Å². The summed E-state index contributed by atoms with van der Waals surface area (Å²) in [5, 5.41) is 0. The van der Waals surface area contributed by atoms with Crippen molar-refractivity contribution in [2.75, 3.05) is 39.3 Å². The number of rotatable bonds is 6. The number of hydrogen-bond acceptors (Lipinski definition) is 3. The van der Waals surface area contributed by atoms with Crippen molar-refractivity contribution in [2.45, 2.75) is 65.5 Å². The maximum absolute atomic E-state index is 12.9. The van der Waals surface area contributed by atoms with E-state index in [1.54, 1.807) is 0 Å². The summed E-state index contributed by atoms with van der Waals surface area (Å²) in [6, 6.07) is 1.33. The second-order valence-corrected chi connectivity index (χ2v) is 8.00. The molecule has 0 aliphatic carbocycles. The van der Waals surface area contributed by atoms with E-state index in [-0.39, 0.29) is 5.92 Å². The van der Waals surface area contributed by atoms with Gasteiger partial charge in [-0.3, -0.25) is 9.69 Å². The van der Waals surface area contributed by atoms with Crippen LogP contribution in [0.4, 0.5) is 0 Å². The summed E-state index contributed by atoms with van der Waals surface area (Å²) in [4.78, 5) is 20.1. The van der Waals surface area contributed by atoms with Crippen LogP contribution in [0.2, 0.25) is 0 Å². The van der Waals surface area contributed by atoms with Gasteiger partial charge in [-0.25, -0.2) is 0 Å². The summed E-state index contributed by atoms with van der Waals surface area (Å²) in [5.74, 6) is 0.519. The minimum atomic E-state index is 0.182. The molecule has 4 heteroatoms. The van der Waals surface area contributed by atoms with Gasteiger partial charge in [-0.05, 0) is 73.0 Å². The van der Waals surface area contributed by atoms with Crippen LogP contribution in [0, 0.1) is 5.92 Å². The second-order valence-electron chi connectivity index (χ2n) is 8.00. The fourth-order valence-corrected chi connectivity index (χ4v) is 4.24. The summed E-state index contributed by atoms with van der Waals surface area (Å²) in [5.41, 5.74) is 1.07. The van der Waals surface area contributed by atoms with Crippen molar-refractivity contribution in [3.63, 3.8) is 0 Å². The van der Waals surface area contributed by atoms with Crippen LogP contribution in [0.15, 0.2) is 12.2 Å². The van der Waals surface area contributed by atoms with Crippen LogP contribution >= 0.6 is 0 Å². The predicted molar refractivity (Wildman–Crippen MR) is 101 cm³/mol. The first kappa shape index (κ1) is 19.5. The van der Waals surface area contributed by atoms with E-state index in [2.05, 4.69) is 37.1 Å². The third-order valence-electron chi connectivity index (χ3n) is 5.70. The van der Waals surface area contributed by atoms with Crippen molar-refractivity contribution in [3.8, 4) is 0 Å². The first-order chi connectivity index (χ1) is 11.4. The zero-order chi connectivity index (χ0) is 17.7. The number of likely N-dealkylation sites (N-methyl/N-ethyl adjacent to an activating group) is 1. The third-order valence-corrected chi connectivity index (χ3v) is 5.70. The average Bonchev–Trinajstić information content (AvgIpc) is 2.59. The van der Waals surface area contributed by atoms with Crippen LogP contribution in [0.3, 0.4) is 0 Å². The highest BCUT2D eigenvalue weighted by atomic mass is 16.2. The molecule has 0 aromatic carbocycles. The van der Waals surface area contributed by atoms with Gasteiger partial charge in [0.2, 0.25) is 5.91 Å². The Balaban J connectivity index is 1.89. The van der Waals surface area contributed by atoms with Crippen molar-refractivity contribution in [3.05, 3.63) is 12.2 Å². The quantitative estimate of drug-likeness (QED) is 0.698. The van der Waals surface area contributed by atoms with E-state index in [0.717, 1.165) is 31.5 Å². The summed E-state index contributed by atoms with van der Waals surface area (Å²) < 4.78 is 0. The van der Waals surface area contributed by atoms with E-state index in [0.29, 0.717) is 24.5 Å². The lowest BCUT2D eigenvalue weighted by atomic mass is 9.92. The number of amides is 1. The molecule has 138 valence electrons. The van der Waals surface area contributed by atoms with E-state index < -0.39 is 0 Å². The second kappa shape index (κ2) is 9.00. The van der Waals surface area contributed by atoms with E-state index >= 15 is 0 Å². The van der Waals surface area contributed by atoms with Gasteiger partial charge in [0.1, 0.15) is 0 Å². The maximum Gasteiger partial charge on any atom is 0.227 e. The van der Waals surface area contributed by atoms with Crippen molar-refractivity contribution in [1.82, 2.24) is 14.7 Å². The Morgan fingerprint density at radius 3 is 2.42 bits per heavy atom. The minimum absolute atomic E-state index is 0.182. The zero-order valence-corrected chi connectivity index (χ0v) is 16.3. The van der Waals surface area contributed by atoms with Gasteiger partial charge in [-0.2, -0.15) is 0 Å². The van der Waals surface area contributed by atoms with E-state index in [1.807, 2.05) is 11.8 Å². The molecule has 2 aliphatic rings. The number of likely N-dealkylation sites (tertiary alicyclic amines) is 2. The van der Waals surface area contributed by atoms with Gasteiger partial charge in [-0.15, -0.1) is 0 Å². The fraction of sp³-hybridized carbons (Fsp3) is 0.850. The average molecular weight is 336 g/mol. The Morgan fingerprint density at radius 1 is 1.21 bits per heavy atom. The van der Waals surface area contributed by atoms with E-state index in [4.69, 9.17) is 0 Å². The molecular formula is C20H37N3O. The first-order valence-corrected chi connectivity index (χ1v) is 9.83. The molecule has 24 heavy (non-hydrogen) atoms. The molecule has 2 heterocycles. The Labute approximate surface area is 148 Å². The fourth-order valence-electron chi connectivity index (χ4n) is 4.24. The van der Waals surface area contributed by atoms with E-state index in [9.17, 15) is 4.79 Å². The third kappa shape index (κ3) is 5.06. The standard InChI is InChI=1S/C20H37N3O/c1-6-21(14-16(2)3)20(24)18-8-7-11-23(15-18)19-9-12-22(13-10-19)17(4)5/h17-19H,2,6-15H2,1,3-5H3. The van der Waals surface area contributed by atoms with Gasteiger partial charge in [0.25, 0.3) is 0 Å². The molecule has 1 unspecified atom stereocenters. The Bertz CT molecular complexity index is 427. The molecule has 0 N–H and O–H groups in total. The molecular weight excluding hydrogens is 298 g/mol. The lowest BCUT2D eigenvalue weighted by molar-refractivity contribution is -0.137. The highest BCUT2D eigenvalue weighted by Crippen LogP contribution is 2.25. The summed E-state index contributed by atoms with van der Waals surface area (Å²) in [6.45, 7) is 18.7. The Kier molecular flexibility index (Phi) is 7.30. The van der Waals surface area contributed by atoms with Crippen LogP contribution in [-0.2, 0) is 4.79 Å². The maximum atomic E-state index is 12.9. The van der Waals surface area contributed by atoms with Crippen LogP contribution in [0.5, 0.6) is 0 Å². The summed E-state index contributed by atoms with van der Waals surface area (Å²) >= 11 is 0. The SMILES string of the molecule is C=C(C)CN(CC)C(=O)C1CCCN(C2CCN(C(C)C)CC2)C1. The van der Waals surface area contributed by atoms with Crippen LogP contribution in [-0.4, -0.2) is 72.0 Å². The van der Waals surface area contributed by atoms with Crippen molar-refractivity contribution in [1.29, 1.82) is 0 Å². The molecule has 1 atom stereocenters. The number of piperidine rings is 2. The Hall–Kier alpha value is -0.870. The van der Waals surface area contributed by atoms with Crippen molar-refractivity contribution < 1.29 is 4.79 Å². The van der Waals surface area contributed by atoms with Crippen LogP contribution in [0.25, 0.3) is 0 Å². The molecule has 0 bridgehead atoms.